The monoisotopic (exact) mass is 654 g/mol. The highest BCUT2D eigenvalue weighted by atomic mass is 32.1. The average molecular weight is 655 g/mol. The number of benzene rings is 3. The van der Waals surface area contributed by atoms with E-state index in [-0.39, 0.29) is 43.3 Å². The van der Waals surface area contributed by atoms with Crippen LogP contribution in [0.2, 0.25) is 0 Å². The van der Waals surface area contributed by atoms with Gasteiger partial charge in [-0.05, 0) is 52.8 Å². The van der Waals surface area contributed by atoms with E-state index in [0.29, 0.717) is 12.0 Å². The van der Waals surface area contributed by atoms with Gasteiger partial charge in [0.25, 0.3) is 5.91 Å². The zero-order valence-corrected chi connectivity index (χ0v) is 28.7. The van der Waals surface area contributed by atoms with Crippen molar-refractivity contribution in [3.8, 4) is 11.1 Å². The summed E-state index contributed by atoms with van der Waals surface area (Å²) in [7, 11) is 3.26. The van der Waals surface area contributed by atoms with Gasteiger partial charge in [0.1, 0.15) is 12.1 Å². The van der Waals surface area contributed by atoms with Gasteiger partial charge in [0.15, 0.2) is 0 Å². The Morgan fingerprint density at radius 1 is 0.851 bits per heavy atom. The lowest BCUT2D eigenvalue weighted by molar-refractivity contribution is -0.142. The molecule has 0 aliphatic rings. The molecule has 4 rings (SSSR count). The highest BCUT2D eigenvalue weighted by molar-refractivity contribution is 7.09. The molecular weight excluding hydrogens is 609 g/mol. The quantitative estimate of drug-likeness (QED) is 0.170. The summed E-state index contributed by atoms with van der Waals surface area (Å²) in [4.78, 5) is 46.0. The summed E-state index contributed by atoms with van der Waals surface area (Å²) in [5, 5.41) is 14.6. The molecule has 3 amide bonds. The van der Waals surface area contributed by atoms with Crippen molar-refractivity contribution in [3.05, 3.63) is 118 Å². The summed E-state index contributed by atoms with van der Waals surface area (Å²) in [5.74, 6) is -0.987. The highest BCUT2D eigenvalue weighted by Gasteiger charge is 2.36. The minimum Gasteiger partial charge on any atom is -0.396 e. The molecule has 0 bridgehead atoms. The maximum Gasteiger partial charge on any atom is 0.254 e. The molecule has 3 atom stereocenters. The molecule has 47 heavy (non-hydrogen) atoms. The van der Waals surface area contributed by atoms with Crippen LogP contribution >= 0.6 is 11.3 Å². The minimum absolute atomic E-state index is 0.0974. The van der Waals surface area contributed by atoms with Gasteiger partial charge < -0.3 is 26.0 Å². The molecule has 1 heterocycles. The first kappa shape index (κ1) is 35.5. The molecule has 0 saturated carbocycles. The molecule has 1 unspecified atom stereocenters. The summed E-state index contributed by atoms with van der Waals surface area (Å²) in [6.45, 7) is 5.72. The SMILES string of the molecule is CC(N)c1cccc(C(=O)N(C)[C@H](Cc2ccc(-c3ccccc3)cc2)C(=O)N(C)[C@H](Cc2cccs2)C(=O)NCC(C)(C)CO)c1. The van der Waals surface area contributed by atoms with Crippen molar-refractivity contribution < 1.29 is 19.5 Å². The van der Waals surface area contributed by atoms with Gasteiger partial charge in [-0.15, -0.1) is 11.3 Å². The van der Waals surface area contributed by atoms with Gasteiger partial charge in [0.05, 0.1) is 0 Å². The van der Waals surface area contributed by atoms with E-state index in [4.69, 9.17) is 5.73 Å². The number of aliphatic hydroxyl groups excluding tert-OH is 1. The molecule has 3 aromatic carbocycles. The Morgan fingerprint density at radius 2 is 1.53 bits per heavy atom. The Hall–Kier alpha value is -4.31. The summed E-state index contributed by atoms with van der Waals surface area (Å²) in [6, 6.07) is 27.0. The first-order chi connectivity index (χ1) is 22.4. The second-order valence-corrected chi connectivity index (χ2v) is 13.9. The lowest BCUT2D eigenvalue weighted by Crippen LogP contribution is -2.56. The molecule has 0 fully saturated rings. The normalized spacial score (nSPS) is 13.3. The number of aliphatic hydroxyl groups is 1. The fraction of sp³-hybridized carbons (Fsp3) is 0.342. The van der Waals surface area contributed by atoms with Gasteiger partial charge in [0, 0.05) is 62.0 Å². The molecule has 0 saturated heterocycles. The first-order valence-electron chi connectivity index (χ1n) is 15.8. The van der Waals surface area contributed by atoms with Crippen LogP contribution in [0.3, 0.4) is 0 Å². The number of thiophene rings is 1. The second kappa shape index (κ2) is 16.0. The van der Waals surface area contributed by atoms with E-state index in [1.54, 1.807) is 32.3 Å². The Kier molecular flexibility index (Phi) is 12.1. The lowest BCUT2D eigenvalue weighted by atomic mass is 9.94. The minimum atomic E-state index is -0.901. The molecule has 0 aliphatic heterocycles. The number of carbonyl (C=O) groups excluding carboxylic acids is 3. The van der Waals surface area contributed by atoms with E-state index >= 15 is 0 Å². The maximum absolute atomic E-state index is 14.5. The molecule has 4 N–H and O–H groups in total. The molecule has 4 aromatic rings. The standard InChI is InChI=1S/C38H46N4O4S/c1-26(39)30-13-9-14-31(22-30)36(45)42(5)34(21-27-16-18-29(19-17-27)28-11-7-6-8-12-28)37(46)41(4)33(23-32-15-10-20-47-32)35(44)40-24-38(2,3)25-43/h6-20,22,26,33-34,43H,21,23-25,39H2,1-5H3,(H,40,44)/t26?,33-,34-/m1/s1. The number of nitrogens with zero attached hydrogens (tertiary/aromatic N) is 2. The van der Waals surface area contributed by atoms with Gasteiger partial charge in [-0.3, -0.25) is 14.4 Å². The predicted octanol–water partition coefficient (Wildman–Crippen LogP) is 5.32. The van der Waals surface area contributed by atoms with E-state index in [0.717, 1.165) is 27.1 Å². The van der Waals surface area contributed by atoms with E-state index in [9.17, 15) is 19.5 Å². The fourth-order valence-electron chi connectivity index (χ4n) is 5.29. The third-order valence-electron chi connectivity index (χ3n) is 8.48. The molecule has 0 spiro atoms. The number of nitrogens with one attached hydrogen (secondary N) is 1. The van der Waals surface area contributed by atoms with Gasteiger partial charge in [-0.1, -0.05) is 86.6 Å². The molecular formula is C38H46N4O4S. The van der Waals surface area contributed by atoms with Crippen LogP contribution in [-0.4, -0.2) is 72.0 Å². The first-order valence-corrected chi connectivity index (χ1v) is 16.7. The van der Waals surface area contributed by atoms with Crippen LogP contribution in [0.5, 0.6) is 0 Å². The number of hydrogen-bond donors (Lipinski definition) is 3. The van der Waals surface area contributed by atoms with Crippen LogP contribution in [0, 0.1) is 5.41 Å². The highest BCUT2D eigenvalue weighted by Crippen LogP contribution is 2.23. The number of carbonyl (C=O) groups is 3. The molecule has 9 heteroatoms. The third-order valence-corrected chi connectivity index (χ3v) is 9.38. The molecule has 0 aliphatic carbocycles. The van der Waals surface area contributed by atoms with Gasteiger partial charge in [0.2, 0.25) is 11.8 Å². The number of nitrogens with two attached hydrogens (primary N) is 1. The van der Waals surface area contributed by atoms with Crippen LogP contribution in [-0.2, 0) is 22.4 Å². The predicted molar refractivity (Wildman–Crippen MR) is 189 cm³/mol. The largest absolute Gasteiger partial charge is 0.396 e. The number of amides is 3. The van der Waals surface area contributed by atoms with Crippen LogP contribution in [0.1, 0.15) is 53.2 Å². The van der Waals surface area contributed by atoms with Crippen LogP contribution in [0.15, 0.2) is 96.4 Å². The van der Waals surface area contributed by atoms with Crippen molar-refractivity contribution >= 4 is 29.1 Å². The molecule has 0 radical (unpaired) electrons. The zero-order valence-electron chi connectivity index (χ0n) is 27.9. The zero-order chi connectivity index (χ0) is 34.1. The summed E-state index contributed by atoms with van der Waals surface area (Å²) in [6.07, 6.45) is 0.566. The maximum atomic E-state index is 14.5. The van der Waals surface area contributed by atoms with Crippen molar-refractivity contribution in [2.45, 2.75) is 51.7 Å². The van der Waals surface area contributed by atoms with E-state index < -0.39 is 17.5 Å². The summed E-state index contributed by atoms with van der Waals surface area (Å²) < 4.78 is 0. The second-order valence-electron chi connectivity index (χ2n) is 12.9. The Bertz CT molecular complexity index is 1620. The van der Waals surface area contributed by atoms with Crippen molar-refractivity contribution in [3.63, 3.8) is 0 Å². The van der Waals surface area contributed by atoms with Crippen molar-refractivity contribution in [2.75, 3.05) is 27.2 Å². The van der Waals surface area contributed by atoms with Crippen molar-refractivity contribution in [1.82, 2.24) is 15.1 Å². The van der Waals surface area contributed by atoms with E-state index in [1.165, 1.54) is 21.1 Å². The van der Waals surface area contributed by atoms with Crippen LogP contribution < -0.4 is 11.1 Å². The van der Waals surface area contributed by atoms with Crippen molar-refractivity contribution in [1.29, 1.82) is 0 Å². The van der Waals surface area contributed by atoms with E-state index in [1.807, 2.05) is 98.9 Å². The third kappa shape index (κ3) is 9.38. The van der Waals surface area contributed by atoms with Crippen LogP contribution in [0.25, 0.3) is 11.1 Å². The van der Waals surface area contributed by atoms with Gasteiger partial charge in [-0.2, -0.15) is 0 Å². The number of rotatable bonds is 14. The summed E-state index contributed by atoms with van der Waals surface area (Å²) in [5.41, 5.74) is 9.84. The lowest BCUT2D eigenvalue weighted by Gasteiger charge is -2.35. The molecule has 1 aromatic heterocycles. The topological polar surface area (TPSA) is 116 Å². The molecule has 248 valence electrons. The Balaban J connectivity index is 1.67. The number of hydrogen-bond acceptors (Lipinski definition) is 6. The number of likely N-dealkylation sites (N-methyl/N-ethyl adjacent to an activating group) is 2. The Morgan fingerprint density at radius 3 is 2.15 bits per heavy atom. The van der Waals surface area contributed by atoms with E-state index in [2.05, 4.69) is 5.32 Å². The fourth-order valence-corrected chi connectivity index (χ4v) is 6.03. The van der Waals surface area contributed by atoms with Gasteiger partial charge in [-0.25, -0.2) is 0 Å². The average Bonchev–Trinajstić information content (AvgIpc) is 3.61. The smallest absolute Gasteiger partial charge is 0.254 e. The Labute approximate surface area is 282 Å². The molecule has 8 nitrogen and oxygen atoms in total. The summed E-state index contributed by atoms with van der Waals surface area (Å²) >= 11 is 1.52. The van der Waals surface area contributed by atoms with Gasteiger partial charge >= 0.3 is 0 Å². The van der Waals surface area contributed by atoms with Crippen LogP contribution in [0.4, 0.5) is 0 Å². The van der Waals surface area contributed by atoms with Crippen molar-refractivity contribution in [2.24, 2.45) is 11.1 Å².